The molecule has 2 unspecified atom stereocenters. The Morgan fingerprint density at radius 2 is 1.71 bits per heavy atom. The van der Waals surface area contributed by atoms with E-state index in [9.17, 15) is 9.59 Å². The summed E-state index contributed by atoms with van der Waals surface area (Å²) >= 11 is 0. The van der Waals surface area contributed by atoms with Gasteiger partial charge in [0, 0.05) is 31.5 Å². The zero-order valence-electron chi connectivity index (χ0n) is 13.1. The van der Waals surface area contributed by atoms with Crippen molar-refractivity contribution in [3.63, 3.8) is 0 Å². The zero-order chi connectivity index (χ0) is 14.8. The Kier molecular flexibility index (Phi) is 4.51. The van der Waals surface area contributed by atoms with Crippen LogP contribution in [0.4, 0.5) is 0 Å². The molecule has 2 aliphatic carbocycles. The average molecular weight is 292 g/mol. The Balaban J connectivity index is 1.40. The summed E-state index contributed by atoms with van der Waals surface area (Å²) in [5.74, 6) is 2.69. The molecule has 0 aromatic heterocycles. The quantitative estimate of drug-likeness (QED) is 0.790. The van der Waals surface area contributed by atoms with Crippen LogP contribution in [-0.2, 0) is 9.59 Å². The molecule has 0 aromatic carbocycles. The Morgan fingerprint density at radius 3 is 2.33 bits per heavy atom. The molecule has 1 saturated heterocycles. The number of hydrogen-bond acceptors (Lipinski definition) is 2. The van der Waals surface area contributed by atoms with Gasteiger partial charge in [-0.25, -0.2) is 0 Å². The van der Waals surface area contributed by atoms with Crippen molar-refractivity contribution in [3.05, 3.63) is 0 Å². The second-order valence-corrected chi connectivity index (χ2v) is 7.17. The number of unbranched alkanes of at least 4 members (excludes halogenated alkanes) is 1. The molecule has 4 heteroatoms. The molecular weight excluding hydrogens is 264 g/mol. The Bertz CT molecular complexity index is 392. The molecule has 2 saturated carbocycles. The highest BCUT2D eigenvalue weighted by Gasteiger charge is 2.49. The van der Waals surface area contributed by atoms with Crippen molar-refractivity contribution in [3.8, 4) is 0 Å². The van der Waals surface area contributed by atoms with E-state index in [0.717, 1.165) is 70.0 Å². The number of rotatable bonds is 5. The van der Waals surface area contributed by atoms with Crippen LogP contribution in [0.2, 0.25) is 0 Å². The monoisotopic (exact) mass is 292 g/mol. The summed E-state index contributed by atoms with van der Waals surface area (Å²) in [5, 5.41) is 3.02. The van der Waals surface area contributed by atoms with Crippen LogP contribution in [0.15, 0.2) is 0 Å². The van der Waals surface area contributed by atoms with E-state index in [1.54, 1.807) is 0 Å². The van der Waals surface area contributed by atoms with Crippen LogP contribution in [0.3, 0.4) is 0 Å². The predicted octanol–water partition coefficient (Wildman–Crippen LogP) is 2.19. The van der Waals surface area contributed by atoms with E-state index in [4.69, 9.17) is 0 Å². The lowest BCUT2D eigenvalue weighted by Gasteiger charge is -2.33. The van der Waals surface area contributed by atoms with Crippen LogP contribution in [-0.4, -0.2) is 36.3 Å². The van der Waals surface area contributed by atoms with E-state index in [0.29, 0.717) is 11.8 Å². The van der Waals surface area contributed by atoms with Gasteiger partial charge in [0.25, 0.3) is 0 Å². The van der Waals surface area contributed by atoms with Crippen molar-refractivity contribution in [2.24, 2.45) is 23.7 Å². The van der Waals surface area contributed by atoms with Gasteiger partial charge in [0.05, 0.1) is 0 Å². The molecule has 2 amide bonds. The maximum Gasteiger partial charge on any atom is 0.225 e. The summed E-state index contributed by atoms with van der Waals surface area (Å²) < 4.78 is 0. The molecule has 3 fully saturated rings. The molecular formula is C17H28N2O2. The van der Waals surface area contributed by atoms with Gasteiger partial charge in [-0.2, -0.15) is 0 Å². The summed E-state index contributed by atoms with van der Waals surface area (Å²) in [7, 11) is 0. The Morgan fingerprint density at radius 1 is 1.05 bits per heavy atom. The molecule has 4 nitrogen and oxygen atoms in total. The van der Waals surface area contributed by atoms with Gasteiger partial charge in [-0.3, -0.25) is 9.59 Å². The topological polar surface area (TPSA) is 49.4 Å². The number of hydrogen-bond donors (Lipinski definition) is 1. The lowest BCUT2D eigenvalue weighted by atomic mass is 9.94. The Hall–Kier alpha value is -1.06. The lowest BCUT2D eigenvalue weighted by Crippen LogP contribution is -2.45. The fraction of sp³-hybridized carbons (Fsp3) is 0.882. The second kappa shape index (κ2) is 6.37. The first kappa shape index (κ1) is 14.9. The highest BCUT2D eigenvalue weighted by atomic mass is 16.2. The fourth-order valence-corrected chi connectivity index (χ4v) is 4.07. The molecule has 118 valence electrons. The molecule has 1 aliphatic heterocycles. The van der Waals surface area contributed by atoms with Crippen LogP contribution in [0.1, 0.15) is 51.9 Å². The first-order chi connectivity index (χ1) is 10.2. The number of likely N-dealkylation sites (tertiary alicyclic amines) is 1. The predicted molar refractivity (Wildman–Crippen MR) is 81.5 cm³/mol. The van der Waals surface area contributed by atoms with Gasteiger partial charge >= 0.3 is 0 Å². The van der Waals surface area contributed by atoms with E-state index >= 15 is 0 Å². The highest BCUT2D eigenvalue weighted by molar-refractivity contribution is 5.81. The van der Waals surface area contributed by atoms with E-state index in [1.165, 1.54) is 6.42 Å². The van der Waals surface area contributed by atoms with E-state index in [1.807, 2.05) is 4.90 Å². The summed E-state index contributed by atoms with van der Waals surface area (Å²) in [6, 6.07) is 0. The number of carbonyl (C=O) groups excluding carboxylic acids is 2. The summed E-state index contributed by atoms with van der Waals surface area (Å²) in [6.45, 7) is 4.47. The average Bonchev–Trinajstić information content (AvgIpc) is 3.13. The van der Waals surface area contributed by atoms with Gasteiger partial charge in [-0.15, -0.1) is 0 Å². The minimum atomic E-state index is 0.114. The number of fused-ring (bicyclic) bond motifs is 1. The number of piperidine rings is 1. The van der Waals surface area contributed by atoms with Crippen LogP contribution in [0.25, 0.3) is 0 Å². The van der Waals surface area contributed by atoms with Crippen LogP contribution in [0, 0.1) is 23.7 Å². The minimum Gasteiger partial charge on any atom is -0.356 e. The van der Waals surface area contributed by atoms with Crippen molar-refractivity contribution in [1.82, 2.24) is 10.2 Å². The van der Waals surface area contributed by atoms with Crippen molar-refractivity contribution in [2.75, 3.05) is 19.6 Å². The van der Waals surface area contributed by atoms with E-state index < -0.39 is 0 Å². The second-order valence-electron chi connectivity index (χ2n) is 7.17. The summed E-state index contributed by atoms with van der Waals surface area (Å²) in [4.78, 5) is 26.5. The maximum atomic E-state index is 12.5. The third-order valence-corrected chi connectivity index (χ3v) is 5.60. The van der Waals surface area contributed by atoms with Crippen LogP contribution in [0.5, 0.6) is 0 Å². The molecule has 3 rings (SSSR count). The number of amides is 2. The van der Waals surface area contributed by atoms with Crippen molar-refractivity contribution >= 4 is 11.8 Å². The first-order valence-corrected chi connectivity index (χ1v) is 8.75. The summed E-state index contributed by atoms with van der Waals surface area (Å²) in [5.41, 5.74) is 0. The Labute approximate surface area is 127 Å². The largest absolute Gasteiger partial charge is 0.356 e. The normalized spacial score (nSPS) is 31.9. The third-order valence-electron chi connectivity index (χ3n) is 5.60. The van der Waals surface area contributed by atoms with E-state index in [2.05, 4.69) is 12.2 Å². The zero-order valence-corrected chi connectivity index (χ0v) is 13.1. The van der Waals surface area contributed by atoms with Crippen LogP contribution >= 0.6 is 0 Å². The minimum absolute atomic E-state index is 0.114. The fourth-order valence-electron chi connectivity index (χ4n) is 4.07. The highest BCUT2D eigenvalue weighted by Crippen LogP contribution is 2.54. The molecule has 2 atom stereocenters. The number of nitrogens with zero attached hydrogens (tertiary/aromatic N) is 1. The van der Waals surface area contributed by atoms with Crippen LogP contribution < -0.4 is 5.32 Å². The lowest BCUT2D eigenvalue weighted by molar-refractivity contribution is -0.139. The smallest absolute Gasteiger partial charge is 0.225 e. The standard InChI is InChI=1S/C17H28N2O2/c1-2-3-6-18-16(20)12-4-7-19(8-5-12)17(21)15-10-13-9-14(13)11-15/h12-15H,2-11H2,1H3,(H,18,20). The maximum absolute atomic E-state index is 12.5. The molecule has 3 aliphatic rings. The molecule has 0 bridgehead atoms. The van der Waals surface area contributed by atoms with E-state index in [-0.39, 0.29) is 11.8 Å². The van der Waals surface area contributed by atoms with Gasteiger partial charge in [-0.1, -0.05) is 13.3 Å². The van der Waals surface area contributed by atoms with Gasteiger partial charge < -0.3 is 10.2 Å². The van der Waals surface area contributed by atoms with Gasteiger partial charge in [-0.05, 0) is 50.4 Å². The number of carbonyl (C=O) groups is 2. The molecule has 1 heterocycles. The number of nitrogens with one attached hydrogen (secondary N) is 1. The third kappa shape index (κ3) is 3.41. The van der Waals surface area contributed by atoms with Crippen molar-refractivity contribution in [2.45, 2.75) is 51.9 Å². The first-order valence-electron chi connectivity index (χ1n) is 8.75. The SMILES string of the molecule is CCCCNC(=O)C1CCN(C(=O)C2CC3CC3C2)CC1. The van der Waals surface area contributed by atoms with Crippen molar-refractivity contribution in [1.29, 1.82) is 0 Å². The molecule has 0 spiro atoms. The molecule has 0 aromatic rings. The molecule has 21 heavy (non-hydrogen) atoms. The van der Waals surface area contributed by atoms with Gasteiger partial charge in [0.2, 0.25) is 11.8 Å². The van der Waals surface area contributed by atoms with Crippen molar-refractivity contribution < 1.29 is 9.59 Å². The molecule has 0 radical (unpaired) electrons. The van der Waals surface area contributed by atoms with Gasteiger partial charge in [0.1, 0.15) is 0 Å². The summed E-state index contributed by atoms with van der Waals surface area (Å²) in [6.07, 6.45) is 7.45. The van der Waals surface area contributed by atoms with Gasteiger partial charge in [0.15, 0.2) is 0 Å². The molecule has 1 N–H and O–H groups in total.